The number of carboxylic acids is 1. The van der Waals surface area contributed by atoms with Gasteiger partial charge in [-0.3, -0.25) is 4.90 Å². The van der Waals surface area contributed by atoms with Crippen LogP contribution >= 0.6 is 11.6 Å². The highest BCUT2D eigenvalue weighted by atomic mass is 35.5. The zero-order chi connectivity index (χ0) is 28.3. The minimum absolute atomic E-state index is 0.123. The van der Waals surface area contributed by atoms with E-state index in [2.05, 4.69) is 20.5 Å². The number of carbonyl (C=O) groups is 1. The van der Waals surface area contributed by atoms with Crippen LogP contribution in [0.15, 0.2) is 60.7 Å². The van der Waals surface area contributed by atoms with Gasteiger partial charge in [0.25, 0.3) is 0 Å². The summed E-state index contributed by atoms with van der Waals surface area (Å²) in [7, 11) is 0. The molecule has 2 aliphatic rings. The molecule has 0 aliphatic carbocycles. The van der Waals surface area contributed by atoms with Crippen molar-refractivity contribution in [1.82, 2.24) is 19.4 Å². The van der Waals surface area contributed by atoms with Crippen molar-refractivity contribution in [3.05, 3.63) is 94.2 Å². The van der Waals surface area contributed by atoms with E-state index in [0.717, 1.165) is 60.7 Å². The molecule has 1 fully saturated rings. The first-order chi connectivity index (χ1) is 19.9. The first-order valence-corrected chi connectivity index (χ1v) is 14.1. The van der Waals surface area contributed by atoms with Gasteiger partial charge in [0.05, 0.1) is 48.1 Å². The molecule has 0 radical (unpaired) electrons. The van der Waals surface area contributed by atoms with Gasteiger partial charge in [-0.1, -0.05) is 29.8 Å². The van der Waals surface area contributed by atoms with Crippen molar-refractivity contribution in [1.29, 1.82) is 0 Å². The molecule has 1 N–H and O–H groups in total. The third kappa shape index (κ3) is 6.27. The van der Waals surface area contributed by atoms with E-state index in [1.807, 2.05) is 18.2 Å². The Kier molecular flexibility index (Phi) is 8.00. The number of halogens is 2. The quantitative estimate of drug-likeness (QED) is 0.262. The first kappa shape index (κ1) is 27.4. The number of carboxylic acid groups (broad SMARTS) is 1. The SMILES string of the molecule is O=C(O)c1ccc2nc(CN3CC=C(c4cccc(OCCc5ccc(Cl)cc5F)n4)CC3)n(C[C@@H]3CCO3)c2c1. The van der Waals surface area contributed by atoms with Crippen LogP contribution in [0, 0.1) is 5.82 Å². The van der Waals surface area contributed by atoms with Gasteiger partial charge < -0.3 is 19.1 Å². The number of hydrogen-bond donors (Lipinski definition) is 1. The van der Waals surface area contributed by atoms with E-state index in [1.165, 1.54) is 6.07 Å². The van der Waals surface area contributed by atoms with Crippen LogP contribution in [0.3, 0.4) is 0 Å². The van der Waals surface area contributed by atoms with E-state index in [0.29, 0.717) is 42.6 Å². The summed E-state index contributed by atoms with van der Waals surface area (Å²) < 4.78 is 27.7. The van der Waals surface area contributed by atoms with E-state index in [-0.39, 0.29) is 17.5 Å². The molecule has 0 spiro atoms. The van der Waals surface area contributed by atoms with Gasteiger partial charge in [0.1, 0.15) is 11.6 Å². The Morgan fingerprint density at radius 3 is 2.78 bits per heavy atom. The zero-order valence-corrected chi connectivity index (χ0v) is 23.2. The van der Waals surface area contributed by atoms with Gasteiger partial charge in [0, 0.05) is 37.2 Å². The molecule has 2 aromatic carbocycles. The molecule has 6 rings (SSSR count). The Bertz CT molecular complexity index is 1620. The molecule has 0 saturated carbocycles. The van der Waals surface area contributed by atoms with Gasteiger partial charge in [-0.15, -0.1) is 0 Å². The number of fused-ring (bicyclic) bond motifs is 1. The van der Waals surface area contributed by atoms with Crippen molar-refractivity contribution in [3.63, 3.8) is 0 Å². The Labute approximate surface area is 242 Å². The van der Waals surface area contributed by atoms with E-state index >= 15 is 0 Å². The van der Waals surface area contributed by atoms with Gasteiger partial charge in [-0.2, -0.15) is 0 Å². The lowest BCUT2D eigenvalue weighted by Gasteiger charge is -2.29. The van der Waals surface area contributed by atoms with Crippen molar-refractivity contribution >= 4 is 34.2 Å². The summed E-state index contributed by atoms with van der Waals surface area (Å²) in [6.07, 6.45) is 4.53. The number of ether oxygens (including phenoxy) is 2. The van der Waals surface area contributed by atoms with Crippen LogP contribution in [0.2, 0.25) is 5.02 Å². The summed E-state index contributed by atoms with van der Waals surface area (Å²) in [5.41, 5.74) is 4.44. The summed E-state index contributed by atoms with van der Waals surface area (Å²) in [5.74, 6) is 0.124. The van der Waals surface area contributed by atoms with Gasteiger partial charge in [0.2, 0.25) is 5.88 Å². The second kappa shape index (κ2) is 12.0. The summed E-state index contributed by atoms with van der Waals surface area (Å²) >= 11 is 5.84. The highest BCUT2D eigenvalue weighted by Crippen LogP contribution is 2.26. The van der Waals surface area contributed by atoms with Crippen molar-refractivity contribution in [2.45, 2.75) is 38.5 Å². The van der Waals surface area contributed by atoms with Crippen LogP contribution in [-0.2, 0) is 24.2 Å². The van der Waals surface area contributed by atoms with Crippen LogP contribution in [0.1, 0.15) is 40.3 Å². The summed E-state index contributed by atoms with van der Waals surface area (Å²) in [5, 5.41) is 9.86. The topological polar surface area (TPSA) is 89.7 Å². The van der Waals surface area contributed by atoms with Gasteiger partial charge in [0.15, 0.2) is 0 Å². The van der Waals surface area contributed by atoms with Crippen LogP contribution in [0.5, 0.6) is 5.88 Å². The second-order valence-electron chi connectivity index (χ2n) is 10.3. The minimum atomic E-state index is -0.951. The Hall–Kier alpha value is -3.79. The van der Waals surface area contributed by atoms with Crippen LogP contribution in [-0.4, -0.2) is 62.9 Å². The van der Waals surface area contributed by atoms with E-state index in [1.54, 1.807) is 30.3 Å². The summed E-state index contributed by atoms with van der Waals surface area (Å²) in [6.45, 7) is 3.94. The van der Waals surface area contributed by atoms with Gasteiger partial charge >= 0.3 is 5.97 Å². The molecule has 1 saturated heterocycles. The molecule has 2 aromatic heterocycles. The number of imidazole rings is 1. The molecular weight excluding hydrogens is 547 g/mol. The second-order valence-corrected chi connectivity index (χ2v) is 10.8. The number of pyridine rings is 1. The highest BCUT2D eigenvalue weighted by Gasteiger charge is 2.24. The molecular formula is C31H30ClFN4O4. The van der Waals surface area contributed by atoms with Crippen molar-refractivity contribution in [2.75, 3.05) is 26.3 Å². The van der Waals surface area contributed by atoms with Gasteiger partial charge in [-0.25, -0.2) is 19.2 Å². The van der Waals surface area contributed by atoms with Crippen molar-refractivity contribution in [3.8, 4) is 5.88 Å². The zero-order valence-electron chi connectivity index (χ0n) is 22.4. The number of aromatic carboxylic acids is 1. The van der Waals surface area contributed by atoms with Crippen LogP contribution in [0.4, 0.5) is 4.39 Å². The molecule has 4 heterocycles. The maximum Gasteiger partial charge on any atom is 0.335 e. The number of rotatable bonds is 10. The largest absolute Gasteiger partial charge is 0.478 e. The maximum absolute atomic E-state index is 14.0. The number of hydrogen-bond acceptors (Lipinski definition) is 6. The lowest BCUT2D eigenvalue weighted by Crippen LogP contribution is -2.33. The molecule has 4 aromatic rings. The van der Waals surface area contributed by atoms with Crippen LogP contribution in [0.25, 0.3) is 16.6 Å². The molecule has 0 amide bonds. The highest BCUT2D eigenvalue weighted by molar-refractivity contribution is 6.30. The Morgan fingerprint density at radius 1 is 1.17 bits per heavy atom. The fourth-order valence-corrected chi connectivity index (χ4v) is 5.37. The summed E-state index contributed by atoms with van der Waals surface area (Å²) in [4.78, 5) is 23.4. The first-order valence-electron chi connectivity index (χ1n) is 13.7. The van der Waals surface area contributed by atoms with Crippen molar-refractivity contribution in [2.24, 2.45) is 0 Å². The molecule has 1 atom stereocenters. The van der Waals surface area contributed by atoms with E-state index in [4.69, 9.17) is 26.1 Å². The predicted octanol–water partition coefficient (Wildman–Crippen LogP) is 5.62. The molecule has 10 heteroatoms. The maximum atomic E-state index is 14.0. The molecule has 8 nitrogen and oxygen atoms in total. The Balaban J connectivity index is 1.11. The average molecular weight is 577 g/mol. The van der Waals surface area contributed by atoms with Gasteiger partial charge in [-0.05, 0) is 60.4 Å². The fraction of sp³-hybridized carbons (Fsp3) is 0.323. The minimum Gasteiger partial charge on any atom is -0.478 e. The smallest absolute Gasteiger partial charge is 0.335 e. The molecule has 2 aliphatic heterocycles. The average Bonchev–Trinajstić information content (AvgIpc) is 3.28. The standard InChI is InChI=1S/C31H30ClFN4O4/c32-23-6-4-20(25(33)17-23)10-14-41-30-3-1-2-26(35-30)21-8-12-36(13-9-21)19-29-34-27-7-5-22(31(38)39)16-28(27)37(29)18-24-11-15-40-24/h1-8,16-17,24H,9-15,18-19H2,(H,38,39)/t24-/m0/s1. The third-order valence-electron chi connectivity index (χ3n) is 7.60. The lowest BCUT2D eigenvalue weighted by atomic mass is 10.0. The van der Waals surface area contributed by atoms with E-state index in [9.17, 15) is 14.3 Å². The molecule has 212 valence electrons. The molecule has 0 bridgehead atoms. The molecule has 41 heavy (non-hydrogen) atoms. The lowest BCUT2D eigenvalue weighted by molar-refractivity contribution is -0.0591. The third-order valence-corrected chi connectivity index (χ3v) is 7.84. The van der Waals surface area contributed by atoms with Crippen molar-refractivity contribution < 1.29 is 23.8 Å². The number of nitrogens with zero attached hydrogens (tertiary/aromatic N) is 4. The summed E-state index contributed by atoms with van der Waals surface area (Å²) in [6, 6.07) is 15.4. The molecule has 0 unspecified atom stereocenters. The normalized spacial score (nSPS) is 17.3. The number of benzene rings is 2. The number of aromatic nitrogens is 3. The van der Waals surface area contributed by atoms with E-state index < -0.39 is 5.97 Å². The fourth-order valence-electron chi connectivity index (χ4n) is 5.21. The Morgan fingerprint density at radius 2 is 2.05 bits per heavy atom. The van der Waals surface area contributed by atoms with Crippen LogP contribution < -0.4 is 4.74 Å². The predicted molar refractivity (Wildman–Crippen MR) is 154 cm³/mol. The monoisotopic (exact) mass is 576 g/mol.